The van der Waals surface area contributed by atoms with Gasteiger partial charge in [0.25, 0.3) is 0 Å². The second kappa shape index (κ2) is 7.40. The lowest BCUT2D eigenvalue weighted by Gasteiger charge is -2.03. The van der Waals surface area contributed by atoms with Crippen molar-refractivity contribution in [2.45, 2.75) is 0 Å². The molecule has 0 fully saturated rings. The summed E-state index contributed by atoms with van der Waals surface area (Å²) in [6, 6.07) is 0. The van der Waals surface area contributed by atoms with Crippen LogP contribution in [0.3, 0.4) is 0 Å². The molecule has 1 aromatic heterocycles. The minimum atomic E-state index is -1.42. The largest absolute Gasteiger partial charge is 0.301 e. The number of rotatable bonds is 0. The van der Waals surface area contributed by atoms with Crippen LogP contribution in [-0.2, 0) is 0 Å². The Bertz CT molecular complexity index is 400. The molecule has 0 saturated carbocycles. The van der Waals surface area contributed by atoms with E-state index >= 15 is 0 Å². The summed E-state index contributed by atoms with van der Waals surface area (Å²) in [6.07, 6.45) is 0. The zero-order valence-electron chi connectivity index (χ0n) is 6.52. The highest BCUT2D eigenvalue weighted by molar-refractivity contribution is 7.84. The van der Waals surface area contributed by atoms with Gasteiger partial charge in [0.1, 0.15) is 8.51 Å². The summed E-state index contributed by atoms with van der Waals surface area (Å²) in [4.78, 5) is 0. The summed E-state index contributed by atoms with van der Waals surface area (Å²) in [5, 5.41) is 0. The van der Waals surface area contributed by atoms with E-state index in [4.69, 9.17) is 57.8 Å². The Kier molecular flexibility index (Phi) is 7.40. The van der Waals surface area contributed by atoms with Crippen molar-refractivity contribution in [1.29, 1.82) is 0 Å². The topological polar surface area (TPSA) is 43.5 Å². The molecule has 5 nitrogen and oxygen atoms in total. The van der Waals surface area contributed by atoms with E-state index in [2.05, 4.69) is 9.02 Å². The third-order valence-corrected chi connectivity index (χ3v) is 13.0. The van der Waals surface area contributed by atoms with Gasteiger partial charge in [0.15, 0.2) is 14.4 Å². The zero-order chi connectivity index (χ0) is 11.4. The van der Waals surface area contributed by atoms with Gasteiger partial charge >= 0.3 is 0 Å². The number of hydrogen-bond donors (Lipinski definition) is 1. The summed E-state index contributed by atoms with van der Waals surface area (Å²) in [6.45, 7) is 0. The number of nitrogens with zero attached hydrogens (tertiary/aromatic N) is 4. The van der Waals surface area contributed by atoms with Gasteiger partial charge in [-0.15, -0.1) is 0 Å². The fraction of sp³-hybridized carbons (Fsp3) is 0. The third kappa shape index (κ3) is 4.61. The van der Waals surface area contributed by atoms with E-state index in [0.717, 1.165) is 0 Å². The quantitative estimate of drug-likeness (QED) is 0.582. The van der Waals surface area contributed by atoms with Crippen molar-refractivity contribution in [2.75, 3.05) is 0 Å². The number of halogens is 5. The molecule has 0 saturated heterocycles. The van der Waals surface area contributed by atoms with E-state index in [0.29, 0.717) is 8.51 Å². The van der Waals surface area contributed by atoms with Gasteiger partial charge in [0.05, 0.1) is 8.51 Å². The lowest BCUT2D eigenvalue weighted by Crippen LogP contribution is -1.77. The standard InChI is InChI=1S/Cl5H3N5P5/c1-8-12-6-11-7-13-9(2)15(5)10(3)14(8)4/h12-13H,(H,6,7). The predicted molar refractivity (Wildman–Crippen MR) is 78.6 cm³/mol. The molecule has 88 valence electrons. The molecule has 4 unspecified atom stereocenters. The van der Waals surface area contributed by atoms with Crippen LogP contribution in [0.15, 0.2) is 0 Å². The first-order valence-electron chi connectivity index (χ1n) is 2.99. The van der Waals surface area contributed by atoms with Gasteiger partial charge in [-0.05, 0) is 22.5 Å². The van der Waals surface area contributed by atoms with Gasteiger partial charge in [-0.2, -0.15) is 15.3 Å². The van der Waals surface area contributed by atoms with E-state index in [1.807, 2.05) is 0 Å². The molecule has 1 heterocycles. The molecule has 0 aliphatic heterocycles. The monoisotopic (exact) mass is 403 g/mol. The van der Waals surface area contributed by atoms with E-state index in [9.17, 15) is 0 Å². The van der Waals surface area contributed by atoms with Crippen LogP contribution in [0.4, 0.5) is 0 Å². The Morgan fingerprint density at radius 1 is 1.13 bits per heavy atom. The SMILES string of the molecule is Cln1[pH]np[nH][pH]n(Cl)p(Cl)n(Cl)p1Cl. The molecule has 15 heteroatoms. The van der Waals surface area contributed by atoms with Gasteiger partial charge in [0, 0.05) is 43.8 Å². The summed E-state index contributed by atoms with van der Waals surface area (Å²) < 4.78 is 10.9. The normalized spacial score (nSPS) is 13.7. The molecule has 1 N–H and O–H groups in total. The lowest BCUT2D eigenvalue weighted by atomic mass is 13.8. The fourth-order valence-corrected chi connectivity index (χ4v) is 10.0. The number of aromatic amines is 1. The maximum absolute atomic E-state index is 6.02. The Morgan fingerprint density at radius 2 is 1.73 bits per heavy atom. The fourth-order valence-electron chi connectivity index (χ4n) is 0.417. The second-order valence-electron chi connectivity index (χ2n) is 1.77. The summed E-state index contributed by atoms with van der Waals surface area (Å²) in [5.41, 5.74) is 0. The average molecular weight is 405 g/mol. The third-order valence-electron chi connectivity index (χ3n) is 0.932. The molecular formula is H3Cl5N5P5. The maximum Gasteiger partial charge on any atom is 0.166 e. The summed E-state index contributed by atoms with van der Waals surface area (Å²) >= 11 is 29.7. The van der Waals surface area contributed by atoms with Gasteiger partial charge < -0.3 is 4.51 Å². The Labute approximate surface area is 117 Å². The highest BCUT2D eigenvalue weighted by Gasteiger charge is 2.01. The molecule has 0 radical (unpaired) electrons. The number of hydrogen-bond acceptors (Lipinski definition) is 1. The minimum Gasteiger partial charge on any atom is -0.301 e. The molecule has 0 bridgehead atoms. The van der Waals surface area contributed by atoms with Crippen LogP contribution in [0.25, 0.3) is 0 Å². The Morgan fingerprint density at radius 3 is 2.40 bits per heavy atom. The van der Waals surface area contributed by atoms with Crippen LogP contribution in [0.5, 0.6) is 0 Å². The first kappa shape index (κ1) is 15.0. The van der Waals surface area contributed by atoms with E-state index < -0.39 is 14.4 Å². The van der Waals surface area contributed by atoms with Crippen molar-refractivity contribution in [1.82, 2.24) is 19.9 Å². The number of H-pyrrole nitrogens is 1. The molecular weight excluding hydrogens is 402 g/mol. The molecule has 1 rings (SSSR count). The molecule has 0 aromatic carbocycles. The highest BCUT2D eigenvalue weighted by Crippen LogP contribution is 2.45. The lowest BCUT2D eigenvalue weighted by molar-refractivity contribution is 1.51. The van der Waals surface area contributed by atoms with Crippen molar-refractivity contribution in [3.63, 3.8) is 0 Å². The first-order chi connectivity index (χ1) is 7.04. The molecule has 0 aliphatic carbocycles. The number of nitrogens with one attached hydrogen (secondary N) is 1. The maximum atomic E-state index is 6.02. The smallest absolute Gasteiger partial charge is 0.166 e. The van der Waals surface area contributed by atoms with Crippen molar-refractivity contribution >= 4 is 97.7 Å². The van der Waals surface area contributed by atoms with Crippen LogP contribution >= 0.6 is 97.7 Å². The van der Waals surface area contributed by atoms with Crippen LogP contribution in [0.1, 0.15) is 0 Å². The Balaban J connectivity index is 3.67. The Hall–Kier alpha value is 1.95. The predicted octanol–water partition coefficient (Wildman–Crippen LogP) is 5.81. The molecule has 0 aliphatic rings. The first-order valence-corrected chi connectivity index (χ1v) is 11.0. The average Bonchev–Trinajstić information content (AvgIpc) is 2.23. The van der Waals surface area contributed by atoms with Gasteiger partial charge in [-0.25, -0.2) is 0 Å². The van der Waals surface area contributed by atoms with Crippen molar-refractivity contribution in [3.8, 4) is 0 Å². The van der Waals surface area contributed by atoms with E-state index in [1.54, 1.807) is 0 Å². The zero-order valence-corrected chi connectivity index (χ0v) is 15.0. The van der Waals surface area contributed by atoms with Crippen LogP contribution in [0.2, 0.25) is 0 Å². The summed E-state index contributed by atoms with van der Waals surface area (Å²) in [7, 11) is -2.01. The van der Waals surface area contributed by atoms with Crippen LogP contribution < -0.4 is 0 Å². The van der Waals surface area contributed by atoms with Crippen molar-refractivity contribution < 1.29 is 0 Å². The van der Waals surface area contributed by atoms with Crippen molar-refractivity contribution in [3.05, 3.63) is 0 Å². The number of aromatic nitrogens is 5. The van der Waals surface area contributed by atoms with Gasteiger partial charge in [0.2, 0.25) is 0 Å². The molecule has 15 heavy (non-hydrogen) atoms. The molecule has 0 amide bonds. The highest BCUT2D eigenvalue weighted by atomic mass is 35.7. The van der Waals surface area contributed by atoms with Crippen molar-refractivity contribution in [2.24, 2.45) is 0 Å². The van der Waals surface area contributed by atoms with Crippen LogP contribution in [-0.4, -0.2) is 19.9 Å². The van der Waals surface area contributed by atoms with E-state index in [1.165, 1.54) is 10.8 Å². The summed E-state index contributed by atoms with van der Waals surface area (Å²) in [5.74, 6) is 0. The second-order valence-corrected chi connectivity index (χ2v) is 12.9. The molecule has 1 aromatic rings. The molecule has 4 atom stereocenters. The van der Waals surface area contributed by atoms with E-state index in [-0.39, 0.29) is 17.0 Å². The molecule has 0 spiro atoms. The minimum absolute atomic E-state index is 0.0189. The van der Waals surface area contributed by atoms with Gasteiger partial charge in [-0.1, -0.05) is 0 Å². The van der Waals surface area contributed by atoms with Gasteiger partial charge in [-0.3, -0.25) is 0 Å². The van der Waals surface area contributed by atoms with Crippen LogP contribution in [0, 0.1) is 0 Å².